The lowest BCUT2D eigenvalue weighted by Gasteiger charge is -2.47. The van der Waals surface area contributed by atoms with Gasteiger partial charge in [0.1, 0.15) is 0 Å². The second-order valence-electron chi connectivity index (χ2n) is 25.4. The van der Waals surface area contributed by atoms with Crippen LogP contribution in [0.4, 0.5) is 17.1 Å². The number of benzene rings is 6. The van der Waals surface area contributed by atoms with Crippen molar-refractivity contribution < 1.29 is 0 Å². The number of nitrogens with zero attached hydrogens (tertiary/aromatic N) is 1. The van der Waals surface area contributed by atoms with E-state index in [4.69, 9.17) is 0 Å². The van der Waals surface area contributed by atoms with E-state index in [1.165, 1.54) is 119 Å². The van der Waals surface area contributed by atoms with Crippen molar-refractivity contribution >= 4 is 40.2 Å². The Morgan fingerprint density at radius 2 is 1.08 bits per heavy atom. The Hall–Kier alpha value is -4.82. The Bertz CT molecular complexity index is 2910. The summed E-state index contributed by atoms with van der Waals surface area (Å²) in [4.78, 5) is 2.72. The first-order valence-corrected chi connectivity index (χ1v) is 24.4. The molecule has 0 N–H and O–H groups in total. The molecular formula is C62H72BN. The van der Waals surface area contributed by atoms with E-state index in [0.29, 0.717) is 0 Å². The molecule has 0 saturated heterocycles. The van der Waals surface area contributed by atoms with E-state index < -0.39 is 0 Å². The monoisotopic (exact) mass is 842 g/mol. The highest BCUT2D eigenvalue weighted by Crippen LogP contribution is 2.54. The average molecular weight is 842 g/mol. The summed E-state index contributed by atoms with van der Waals surface area (Å²) < 4.78 is 0. The molecule has 2 heteroatoms. The summed E-state index contributed by atoms with van der Waals surface area (Å²) in [5.74, 6) is 0.104. The van der Waals surface area contributed by atoms with Crippen molar-refractivity contribution in [1.82, 2.24) is 0 Å². The highest BCUT2D eigenvalue weighted by Gasteiger charge is 2.49. The van der Waals surface area contributed by atoms with Crippen LogP contribution in [0.1, 0.15) is 183 Å². The SMILES string of the molecule is Cc1cc2c3c(c1)N(c1ccc(C(C)(C)C)cc1-c1ccccc1)c1cc4c(cc1B3c1cc(C(C)(C)C)ccc1C2c1cc2c(cc1C)C(C)(C)CC2(C)C)C(C)(C)CCC4(C)C. The number of fused-ring (bicyclic) bond motifs is 6. The molecule has 6 aromatic rings. The van der Waals surface area contributed by atoms with Gasteiger partial charge in [0.05, 0.1) is 5.69 Å². The van der Waals surface area contributed by atoms with Gasteiger partial charge in [-0.2, -0.15) is 0 Å². The predicted octanol–water partition coefficient (Wildman–Crippen LogP) is 14.7. The van der Waals surface area contributed by atoms with Gasteiger partial charge in [0.2, 0.25) is 6.71 Å². The second-order valence-corrected chi connectivity index (χ2v) is 25.4. The number of rotatable bonds is 3. The van der Waals surface area contributed by atoms with Crippen molar-refractivity contribution in [3.63, 3.8) is 0 Å². The molecule has 0 saturated carbocycles. The third-order valence-electron chi connectivity index (χ3n) is 16.5. The Morgan fingerprint density at radius 1 is 0.500 bits per heavy atom. The summed E-state index contributed by atoms with van der Waals surface area (Å²) in [5.41, 5.74) is 27.2. The van der Waals surface area contributed by atoms with E-state index in [1.54, 1.807) is 0 Å². The van der Waals surface area contributed by atoms with Crippen molar-refractivity contribution in [2.75, 3.05) is 4.90 Å². The zero-order valence-electron chi connectivity index (χ0n) is 42.0. The molecule has 1 atom stereocenters. The molecule has 2 aliphatic carbocycles. The van der Waals surface area contributed by atoms with Crippen LogP contribution in [0.2, 0.25) is 0 Å². The van der Waals surface area contributed by atoms with Gasteiger partial charge < -0.3 is 4.90 Å². The fourth-order valence-electron chi connectivity index (χ4n) is 13.0. The Morgan fingerprint density at radius 3 is 1.72 bits per heavy atom. The minimum atomic E-state index is 0.00331. The van der Waals surface area contributed by atoms with E-state index in [-0.39, 0.29) is 45.1 Å². The molecule has 0 bridgehead atoms. The summed E-state index contributed by atoms with van der Waals surface area (Å²) in [7, 11) is 0. The van der Waals surface area contributed by atoms with Crippen molar-refractivity contribution in [2.45, 2.75) is 168 Å². The minimum absolute atomic E-state index is 0.00331. The van der Waals surface area contributed by atoms with Gasteiger partial charge in [0.25, 0.3) is 0 Å². The minimum Gasteiger partial charge on any atom is -0.311 e. The third kappa shape index (κ3) is 6.54. The Kier molecular flexibility index (Phi) is 9.33. The maximum absolute atomic E-state index is 2.72. The normalized spacial score (nSPS) is 19.7. The van der Waals surface area contributed by atoms with Crippen LogP contribution in [0.3, 0.4) is 0 Å². The van der Waals surface area contributed by atoms with Crippen LogP contribution in [-0.4, -0.2) is 6.71 Å². The van der Waals surface area contributed by atoms with Gasteiger partial charge >= 0.3 is 0 Å². The smallest absolute Gasteiger partial charge is 0.247 e. The average Bonchev–Trinajstić information content (AvgIpc) is 3.39. The number of hydrogen-bond acceptors (Lipinski definition) is 1. The van der Waals surface area contributed by atoms with E-state index in [9.17, 15) is 0 Å². The molecule has 0 spiro atoms. The molecule has 0 radical (unpaired) electrons. The first-order chi connectivity index (χ1) is 29.8. The van der Waals surface area contributed by atoms with Gasteiger partial charge in [0, 0.05) is 22.9 Å². The zero-order chi connectivity index (χ0) is 45.8. The molecule has 10 rings (SSSR count). The van der Waals surface area contributed by atoms with Crippen LogP contribution in [0.5, 0.6) is 0 Å². The van der Waals surface area contributed by atoms with E-state index in [1.807, 2.05) is 0 Å². The number of aryl methyl sites for hydroxylation is 2. The van der Waals surface area contributed by atoms with Crippen LogP contribution in [0.25, 0.3) is 11.1 Å². The van der Waals surface area contributed by atoms with Gasteiger partial charge in [-0.1, -0.05) is 181 Å². The van der Waals surface area contributed by atoms with Gasteiger partial charge in [0.15, 0.2) is 0 Å². The second kappa shape index (κ2) is 13.9. The molecule has 0 amide bonds. The van der Waals surface area contributed by atoms with Gasteiger partial charge in [-0.3, -0.25) is 0 Å². The van der Waals surface area contributed by atoms with Gasteiger partial charge in [-0.05, 0) is 168 Å². The molecule has 0 aromatic heterocycles. The quantitative estimate of drug-likeness (QED) is 0.160. The first-order valence-electron chi connectivity index (χ1n) is 24.4. The number of hydrogen-bond donors (Lipinski definition) is 0. The highest BCUT2D eigenvalue weighted by atomic mass is 15.2. The predicted molar refractivity (Wildman–Crippen MR) is 278 cm³/mol. The first kappa shape index (κ1) is 43.1. The summed E-state index contributed by atoms with van der Waals surface area (Å²) in [6.45, 7) is 38.9. The molecule has 0 fully saturated rings. The molecule has 2 heterocycles. The third-order valence-corrected chi connectivity index (χ3v) is 16.5. The van der Waals surface area contributed by atoms with Crippen LogP contribution in [0, 0.1) is 13.8 Å². The van der Waals surface area contributed by atoms with E-state index in [0.717, 1.165) is 6.42 Å². The van der Waals surface area contributed by atoms with Crippen molar-refractivity contribution in [3.05, 3.63) is 164 Å². The molecule has 1 nitrogen and oxygen atoms in total. The molecule has 328 valence electrons. The summed E-state index contributed by atoms with van der Waals surface area (Å²) >= 11 is 0. The topological polar surface area (TPSA) is 3.24 Å². The molecule has 1 unspecified atom stereocenters. The molecular weight excluding hydrogens is 770 g/mol. The van der Waals surface area contributed by atoms with Crippen LogP contribution in [-0.2, 0) is 32.5 Å². The zero-order valence-corrected chi connectivity index (χ0v) is 42.0. The lowest BCUT2D eigenvalue weighted by atomic mass is 9.30. The number of anilines is 3. The Balaban J connectivity index is 1.35. The molecule has 6 aromatic carbocycles. The Labute approximate surface area is 387 Å². The summed E-state index contributed by atoms with van der Waals surface area (Å²) in [5, 5.41) is 0. The lowest BCUT2D eigenvalue weighted by Crippen LogP contribution is -2.62. The van der Waals surface area contributed by atoms with Crippen LogP contribution in [0.15, 0.2) is 103 Å². The molecule has 64 heavy (non-hydrogen) atoms. The maximum atomic E-state index is 2.72. The van der Waals surface area contributed by atoms with Crippen LogP contribution >= 0.6 is 0 Å². The van der Waals surface area contributed by atoms with E-state index >= 15 is 0 Å². The van der Waals surface area contributed by atoms with E-state index in [2.05, 4.69) is 219 Å². The highest BCUT2D eigenvalue weighted by molar-refractivity contribution is 6.99. The summed E-state index contributed by atoms with van der Waals surface area (Å²) in [6.07, 6.45) is 3.53. The van der Waals surface area contributed by atoms with Crippen LogP contribution < -0.4 is 21.3 Å². The standard InChI is InChI=1S/C62H72BN/c1-37-28-45-55(43-33-47-46(30-38(43)2)61(13,14)36-62(47,15)16)42-24-22-41(58(6,7)8)32-50(42)63-51-34-48-49(60(11,12)27-26-59(48,9)10)35-53(51)64(54(29-37)56(45)63)52-25-23-40(57(3,4)5)31-44(52)39-20-18-17-19-21-39/h17-25,28-35,55H,26-27,36H2,1-16H3. The molecule has 4 aliphatic rings. The van der Waals surface area contributed by atoms with Crippen molar-refractivity contribution in [2.24, 2.45) is 0 Å². The van der Waals surface area contributed by atoms with Gasteiger partial charge in [-0.15, -0.1) is 0 Å². The van der Waals surface area contributed by atoms with Crippen molar-refractivity contribution in [3.8, 4) is 11.1 Å². The summed E-state index contributed by atoms with van der Waals surface area (Å²) in [6, 6.07) is 41.9. The maximum Gasteiger partial charge on any atom is 0.247 e. The largest absolute Gasteiger partial charge is 0.311 e. The molecule has 2 aliphatic heterocycles. The lowest BCUT2D eigenvalue weighted by molar-refractivity contribution is 0.332. The van der Waals surface area contributed by atoms with Gasteiger partial charge in [-0.25, -0.2) is 0 Å². The fraction of sp³-hybridized carbons (Fsp3) is 0.419. The van der Waals surface area contributed by atoms with Crippen molar-refractivity contribution in [1.29, 1.82) is 0 Å². The fourth-order valence-corrected chi connectivity index (χ4v) is 13.0.